The molecule has 0 spiro atoms. The average Bonchev–Trinajstić information content (AvgIpc) is 2.63. The van der Waals surface area contributed by atoms with E-state index in [0.717, 1.165) is 12.2 Å². The molecule has 0 aromatic carbocycles. The molecule has 0 aliphatic rings. The van der Waals surface area contributed by atoms with E-state index in [0.29, 0.717) is 19.0 Å². The van der Waals surface area contributed by atoms with Crippen LogP contribution in [0.5, 0.6) is 0 Å². The van der Waals surface area contributed by atoms with E-state index in [1.165, 1.54) is 0 Å². The Morgan fingerprint density at radius 3 is 2.75 bits per heavy atom. The molecule has 16 heavy (non-hydrogen) atoms. The van der Waals surface area contributed by atoms with Crippen LogP contribution in [0.2, 0.25) is 0 Å². The number of hydrogen-bond donors (Lipinski definition) is 1. The Labute approximate surface area is 92.0 Å². The van der Waals surface area contributed by atoms with Crippen LogP contribution in [0, 0.1) is 0 Å². The van der Waals surface area contributed by atoms with Crippen LogP contribution in [0.4, 0.5) is 13.2 Å². The van der Waals surface area contributed by atoms with Crippen LogP contribution < -0.4 is 5.32 Å². The quantitative estimate of drug-likeness (QED) is 0.772. The number of halogens is 3. The van der Waals surface area contributed by atoms with Crippen LogP contribution in [0.25, 0.3) is 0 Å². The first-order valence-corrected chi connectivity index (χ1v) is 5.22. The molecule has 0 amide bonds. The predicted molar refractivity (Wildman–Crippen MR) is 52.9 cm³/mol. The van der Waals surface area contributed by atoms with Crippen molar-refractivity contribution in [3.63, 3.8) is 0 Å². The van der Waals surface area contributed by atoms with E-state index >= 15 is 0 Å². The van der Waals surface area contributed by atoms with Gasteiger partial charge in [0, 0.05) is 12.8 Å². The van der Waals surface area contributed by atoms with Gasteiger partial charge in [0.2, 0.25) is 5.89 Å². The van der Waals surface area contributed by atoms with Gasteiger partial charge in [-0.2, -0.15) is 13.2 Å². The first-order valence-electron chi connectivity index (χ1n) is 5.22. The Balaban J connectivity index is 2.11. The maximum atomic E-state index is 11.8. The van der Waals surface area contributed by atoms with E-state index in [2.05, 4.69) is 10.3 Å². The fourth-order valence-electron chi connectivity index (χ4n) is 1.20. The lowest BCUT2D eigenvalue weighted by Crippen LogP contribution is -2.17. The molecule has 0 aliphatic carbocycles. The molecule has 0 atom stereocenters. The molecule has 3 nitrogen and oxygen atoms in total. The minimum Gasteiger partial charge on any atom is -0.444 e. The lowest BCUT2D eigenvalue weighted by Gasteiger charge is -2.05. The van der Waals surface area contributed by atoms with Crippen molar-refractivity contribution >= 4 is 0 Å². The Kier molecular flexibility index (Phi) is 4.79. The maximum Gasteiger partial charge on any atom is 0.389 e. The Bertz CT molecular complexity index is 309. The molecule has 0 saturated carbocycles. The fraction of sp³-hybridized carbons (Fsp3) is 0.700. The van der Waals surface area contributed by atoms with Crippen LogP contribution in [0.1, 0.15) is 31.4 Å². The van der Waals surface area contributed by atoms with Crippen molar-refractivity contribution in [1.82, 2.24) is 10.3 Å². The first kappa shape index (κ1) is 13.0. The van der Waals surface area contributed by atoms with Gasteiger partial charge in [-0.3, -0.25) is 0 Å². The number of hydrogen-bond acceptors (Lipinski definition) is 3. The summed E-state index contributed by atoms with van der Waals surface area (Å²) in [6.07, 6.45) is -2.36. The topological polar surface area (TPSA) is 38.1 Å². The molecule has 1 rings (SSSR count). The highest BCUT2D eigenvalue weighted by atomic mass is 19.4. The van der Waals surface area contributed by atoms with Crippen molar-refractivity contribution in [1.29, 1.82) is 0 Å². The molecule has 1 aromatic heterocycles. The molecule has 0 aliphatic heterocycles. The Morgan fingerprint density at radius 2 is 2.19 bits per heavy atom. The second-order valence-corrected chi connectivity index (χ2v) is 3.47. The highest BCUT2D eigenvalue weighted by molar-refractivity contribution is 4.93. The number of nitrogens with zero attached hydrogens (tertiary/aromatic N) is 1. The summed E-state index contributed by atoms with van der Waals surface area (Å²) in [6, 6.07) is 0. The molecular formula is C10H15F3N2O. The standard InChI is InChI=1S/C10H15F3N2O/c1-2-8-6-15-9(16-8)7-14-5-3-4-10(11,12)13/h6,14H,2-5,7H2,1H3. The second-order valence-electron chi connectivity index (χ2n) is 3.47. The third-order valence-electron chi connectivity index (χ3n) is 2.04. The molecular weight excluding hydrogens is 221 g/mol. The van der Waals surface area contributed by atoms with Crippen molar-refractivity contribution in [2.24, 2.45) is 0 Å². The summed E-state index contributed by atoms with van der Waals surface area (Å²) in [4.78, 5) is 3.98. The zero-order valence-corrected chi connectivity index (χ0v) is 9.10. The third kappa shape index (κ3) is 5.16. The van der Waals surface area contributed by atoms with Crippen LogP contribution >= 0.6 is 0 Å². The molecule has 0 unspecified atom stereocenters. The van der Waals surface area contributed by atoms with Gasteiger partial charge in [0.15, 0.2) is 0 Å². The van der Waals surface area contributed by atoms with E-state index in [1.807, 2.05) is 6.92 Å². The summed E-state index contributed by atoms with van der Waals surface area (Å²) < 4.78 is 40.7. The van der Waals surface area contributed by atoms with Crippen molar-refractivity contribution < 1.29 is 17.6 Å². The number of aromatic nitrogens is 1. The smallest absolute Gasteiger partial charge is 0.389 e. The minimum absolute atomic E-state index is 0.0742. The molecule has 0 bridgehead atoms. The maximum absolute atomic E-state index is 11.8. The lowest BCUT2D eigenvalue weighted by atomic mass is 10.3. The summed E-state index contributed by atoms with van der Waals surface area (Å²) >= 11 is 0. The molecule has 1 aromatic rings. The molecule has 1 heterocycles. The molecule has 0 saturated heterocycles. The fourth-order valence-corrected chi connectivity index (χ4v) is 1.20. The van der Waals surface area contributed by atoms with Gasteiger partial charge < -0.3 is 9.73 Å². The number of nitrogens with one attached hydrogen (secondary N) is 1. The van der Waals surface area contributed by atoms with Crippen LogP contribution in [-0.4, -0.2) is 17.7 Å². The van der Waals surface area contributed by atoms with Gasteiger partial charge in [0.1, 0.15) is 5.76 Å². The molecule has 0 fully saturated rings. The van der Waals surface area contributed by atoms with E-state index in [-0.39, 0.29) is 6.42 Å². The van der Waals surface area contributed by atoms with Crippen molar-refractivity contribution in [2.75, 3.05) is 6.54 Å². The normalized spacial score (nSPS) is 12.0. The monoisotopic (exact) mass is 236 g/mol. The molecule has 1 N–H and O–H groups in total. The predicted octanol–water partition coefficient (Wildman–Crippen LogP) is 2.67. The van der Waals surface area contributed by atoms with E-state index in [1.54, 1.807) is 6.20 Å². The highest BCUT2D eigenvalue weighted by Gasteiger charge is 2.25. The Hall–Kier alpha value is -1.04. The summed E-state index contributed by atoms with van der Waals surface area (Å²) in [5.41, 5.74) is 0. The summed E-state index contributed by atoms with van der Waals surface area (Å²) in [7, 11) is 0. The van der Waals surface area contributed by atoms with Crippen LogP contribution in [0.3, 0.4) is 0 Å². The first-order chi connectivity index (χ1) is 7.51. The lowest BCUT2D eigenvalue weighted by molar-refractivity contribution is -0.135. The SMILES string of the molecule is CCc1cnc(CNCCCC(F)(F)F)o1. The summed E-state index contributed by atoms with van der Waals surface area (Å²) in [6.45, 7) is 2.63. The molecule has 6 heteroatoms. The van der Waals surface area contributed by atoms with E-state index in [9.17, 15) is 13.2 Å². The number of rotatable bonds is 6. The van der Waals surface area contributed by atoms with Gasteiger partial charge in [0.25, 0.3) is 0 Å². The number of oxazole rings is 1. The van der Waals surface area contributed by atoms with Gasteiger partial charge >= 0.3 is 6.18 Å². The summed E-state index contributed by atoms with van der Waals surface area (Å²) in [5.74, 6) is 1.30. The van der Waals surface area contributed by atoms with Gasteiger partial charge in [-0.15, -0.1) is 0 Å². The molecule has 0 radical (unpaired) electrons. The largest absolute Gasteiger partial charge is 0.444 e. The minimum atomic E-state index is -4.07. The van der Waals surface area contributed by atoms with Gasteiger partial charge in [0.05, 0.1) is 12.7 Å². The van der Waals surface area contributed by atoms with Crippen LogP contribution in [-0.2, 0) is 13.0 Å². The zero-order chi connectivity index (χ0) is 12.0. The van der Waals surface area contributed by atoms with Gasteiger partial charge in [-0.25, -0.2) is 4.98 Å². The van der Waals surface area contributed by atoms with Gasteiger partial charge in [-0.1, -0.05) is 6.92 Å². The van der Waals surface area contributed by atoms with E-state index < -0.39 is 12.6 Å². The zero-order valence-electron chi connectivity index (χ0n) is 9.10. The summed E-state index contributed by atoms with van der Waals surface area (Å²) in [5, 5.41) is 2.86. The second kappa shape index (κ2) is 5.89. The van der Waals surface area contributed by atoms with Crippen molar-refractivity contribution in [3.8, 4) is 0 Å². The average molecular weight is 236 g/mol. The van der Waals surface area contributed by atoms with Crippen molar-refractivity contribution in [3.05, 3.63) is 17.8 Å². The highest BCUT2D eigenvalue weighted by Crippen LogP contribution is 2.20. The van der Waals surface area contributed by atoms with E-state index in [4.69, 9.17) is 4.42 Å². The molecule has 92 valence electrons. The number of alkyl halides is 3. The van der Waals surface area contributed by atoms with Crippen molar-refractivity contribution in [2.45, 2.75) is 38.9 Å². The van der Waals surface area contributed by atoms with Crippen LogP contribution in [0.15, 0.2) is 10.6 Å². The third-order valence-corrected chi connectivity index (χ3v) is 2.04. The van der Waals surface area contributed by atoms with Gasteiger partial charge in [-0.05, 0) is 13.0 Å². The Morgan fingerprint density at radius 1 is 1.44 bits per heavy atom. The number of aryl methyl sites for hydroxylation is 1.